The second-order valence-corrected chi connectivity index (χ2v) is 3.28. The third kappa shape index (κ3) is 2.84. The van der Waals surface area contributed by atoms with Crippen molar-refractivity contribution in [3.63, 3.8) is 0 Å². The Morgan fingerprint density at radius 2 is 2.07 bits per heavy atom. The Balaban J connectivity index is 2.80. The van der Waals surface area contributed by atoms with Crippen LogP contribution in [-0.2, 0) is 9.59 Å². The Morgan fingerprint density at radius 3 is 2.53 bits per heavy atom. The van der Waals surface area contributed by atoms with Gasteiger partial charge in [0.25, 0.3) is 0 Å². The topological polar surface area (TPSA) is 49.4 Å². The zero-order chi connectivity index (χ0) is 11.6. The maximum Gasteiger partial charge on any atom is 0.406 e. The molecular formula is C8H11F3N2O2. The molecule has 0 aromatic heterocycles. The minimum Gasteiger partial charge on any atom is -0.345 e. The van der Waals surface area contributed by atoms with Crippen molar-refractivity contribution >= 4 is 11.8 Å². The van der Waals surface area contributed by atoms with Crippen molar-refractivity contribution in [2.24, 2.45) is 0 Å². The van der Waals surface area contributed by atoms with Gasteiger partial charge in [-0.25, -0.2) is 0 Å². The van der Waals surface area contributed by atoms with Gasteiger partial charge in [-0.2, -0.15) is 13.2 Å². The van der Waals surface area contributed by atoms with E-state index in [9.17, 15) is 22.8 Å². The molecule has 1 atom stereocenters. The van der Waals surface area contributed by atoms with Crippen molar-refractivity contribution in [3.05, 3.63) is 0 Å². The number of nitrogens with one attached hydrogen (secondary N) is 1. The first-order valence-corrected chi connectivity index (χ1v) is 4.49. The number of rotatable bonds is 2. The number of amides is 2. The Kier molecular flexibility index (Phi) is 3.21. The van der Waals surface area contributed by atoms with Gasteiger partial charge in [0, 0.05) is 0 Å². The highest BCUT2D eigenvalue weighted by molar-refractivity contribution is 5.94. The number of carbonyl (C=O) groups is 2. The Hall–Kier alpha value is -1.27. The third-order valence-corrected chi connectivity index (χ3v) is 2.15. The molecule has 0 spiro atoms. The summed E-state index contributed by atoms with van der Waals surface area (Å²) in [6, 6.07) is -1.01. The molecular weight excluding hydrogens is 213 g/mol. The number of nitrogens with zero attached hydrogens (tertiary/aromatic N) is 1. The van der Waals surface area contributed by atoms with Crippen molar-refractivity contribution in [2.75, 3.05) is 13.1 Å². The van der Waals surface area contributed by atoms with E-state index in [-0.39, 0.29) is 13.0 Å². The zero-order valence-electron chi connectivity index (χ0n) is 8.10. The van der Waals surface area contributed by atoms with Crippen LogP contribution in [0.3, 0.4) is 0 Å². The average Bonchev–Trinajstić information content (AvgIpc) is 2.10. The van der Waals surface area contributed by atoms with Gasteiger partial charge in [-0.15, -0.1) is 0 Å². The van der Waals surface area contributed by atoms with Gasteiger partial charge in [0.15, 0.2) is 0 Å². The molecule has 4 nitrogen and oxygen atoms in total. The van der Waals surface area contributed by atoms with Gasteiger partial charge >= 0.3 is 6.18 Å². The molecule has 1 fully saturated rings. The molecule has 1 saturated heterocycles. The number of hydrogen-bond donors (Lipinski definition) is 1. The van der Waals surface area contributed by atoms with Crippen LogP contribution >= 0.6 is 0 Å². The summed E-state index contributed by atoms with van der Waals surface area (Å²) in [5.74, 6) is -1.22. The number of alkyl halides is 3. The Morgan fingerprint density at radius 1 is 1.47 bits per heavy atom. The quantitative estimate of drug-likeness (QED) is 0.732. The van der Waals surface area contributed by atoms with Crippen LogP contribution in [0.25, 0.3) is 0 Å². The second kappa shape index (κ2) is 4.08. The predicted molar refractivity (Wildman–Crippen MR) is 44.9 cm³/mol. The molecule has 86 valence electrons. The minimum atomic E-state index is -4.47. The summed E-state index contributed by atoms with van der Waals surface area (Å²) >= 11 is 0. The lowest BCUT2D eigenvalue weighted by Crippen LogP contribution is -2.60. The Labute approximate surface area is 84.4 Å². The lowest BCUT2D eigenvalue weighted by molar-refractivity contribution is -0.171. The second-order valence-electron chi connectivity index (χ2n) is 3.28. The molecule has 0 aliphatic carbocycles. The molecule has 1 rings (SSSR count). The molecule has 1 aliphatic heterocycles. The Bertz CT molecular complexity index is 278. The molecule has 7 heteroatoms. The van der Waals surface area contributed by atoms with Gasteiger partial charge in [0.2, 0.25) is 11.8 Å². The lowest BCUT2D eigenvalue weighted by Gasteiger charge is -2.34. The van der Waals surface area contributed by atoms with Gasteiger partial charge < -0.3 is 10.2 Å². The lowest BCUT2D eigenvalue weighted by atomic mass is 10.1. The van der Waals surface area contributed by atoms with Crippen LogP contribution in [0.2, 0.25) is 0 Å². The molecule has 0 radical (unpaired) electrons. The SMILES string of the molecule is CCC1C(=O)NCC(=O)N1CC(F)(F)F. The molecule has 15 heavy (non-hydrogen) atoms. The van der Waals surface area contributed by atoms with Crippen molar-refractivity contribution in [1.29, 1.82) is 0 Å². The average molecular weight is 224 g/mol. The predicted octanol–water partition coefficient (Wildman–Crippen LogP) is 0.286. The van der Waals surface area contributed by atoms with Crippen LogP contribution in [0.4, 0.5) is 13.2 Å². The molecule has 1 heterocycles. The van der Waals surface area contributed by atoms with E-state index < -0.39 is 30.6 Å². The highest BCUT2D eigenvalue weighted by Crippen LogP contribution is 2.20. The number of piperazine rings is 1. The molecule has 0 aromatic carbocycles. The zero-order valence-corrected chi connectivity index (χ0v) is 8.10. The van der Waals surface area contributed by atoms with Crippen molar-refractivity contribution < 1.29 is 22.8 Å². The van der Waals surface area contributed by atoms with Crippen LogP contribution in [0.5, 0.6) is 0 Å². The first kappa shape index (κ1) is 11.8. The summed E-state index contributed by atoms with van der Waals surface area (Å²) in [4.78, 5) is 23.0. The molecule has 0 aromatic rings. The van der Waals surface area contributed by atoms with Crippen molar-refractivity contribution in [1.82, 2.24) is 10.2 Å². The van der Waals surface area contributed by atoms with E-state index in [0.717, 1.165) is 0 Å². The van der Waals surface area contributed by atoms with E-state index in [1.54, 1.807) is 6.92 Å². The van der Waals surface area contributed by atoms with E-state index in [2.05, 4.69) is 5.32 Å². The number of hydrogen-bond acceptors (Lipinski definition) is 2. The van der Waals surface area contributed by atoms with Crippen LogP contribution < -0.4 is 5.32 Å². The van der Waals surface area contributed by atoms with E-state index in [1.165, 1.54) is 0 Å². The van der Waals surface area contributed by atoms with Crippen LogP contribution in [-0.4, -0.2) is 42.0 Å². The largest absolute Gasteiger partial charge is 0.406 e. The summed E-state index contributed by atoms with van der Waals surface area (Å²) < 4.78 is 36.4. The fourth-order valence-corrected chi connectivity index (χ4v) is 1.49. The molecule has 1 aliphatic rings. The normalized spacial score (nSPS) is 22.9. The maximum absolute atomic E-state index is 12.1. The summed E-state index contributed by atoms with van der Waals surface area (Å²) in [6.07, 6.45) is -4.30. The summed E-state index contributed by atoms with van der Waals surface area (Å²) in [5.41, 5.74) is 0. The smallest absolute Gasteiger partial charge is 0.345 e. The standard InChI is InChI=1S/C8H11F3N2O2/c1-2-5-7(15)12-3-6(14)13(5)4-8(9,10)11/h5H,2-4H2,1H3,(H,12,15). The van der Waals surface area contributed by atoms with Gasteiger partial charge in [-0.05, 0) is 6.42 Å². The minimum absolute atomic E-state index is 0.174. The van der Waals surface area contributed by atoms with Crippen molar-refractivity contribution in [2.45, 2.75) is 25.6 Å². The number of halogens is 3. The van der Waals surface area contributed by atoms with E-state index in [0.29, 0.717) is 4.90 Å². The van der Waals surface area contributed by atoms with Crippen LogP contribution in [0.1, 0.15) is 13.3 Å². The highest BCUT2D eigenvalue weighted by atomic mass is 19.4. The number of carbonyl (C=O) groups excluding carboxylic acids is 2. The first-order chi connectivity index (χ1) is 6.85. The summed E-state index contributed by atoms with van der Waals surface area (Å²) in [6.45, 7) is -0.157. The van der Waals surface area contributed by atoms with E-state index >= 15 is 0 Å². The molecule has 1 unspecified atom stereocenters. The summed E-state index contributed by atoms with van der Waals surface area (Å²) in [7, 11) is 0. The van der Waals surface area contributed by atoms with E-state index in [1.807, 2.05) is 0 Å². The molecule has 2 amide bonds. The third-order valence-electron chi connectivity index (χ3n) is 2.15. The van der Waals surface area contributed by atoms with Gasteiger partial charge in [0.05, 0.1) is 6.54 Å². The van der Waals surface area contributed by atoms with Crippen LogP contribution in [0.15, 0.2) is 0 Å². The van der Waals surface area contributed by atoms with Gasteiger partial charge in [-0.3, -0.25) is 9.59 Å². The van der Waals surface area contributed by atoms with Gasteiger partial charge in [-0.1, -0.05) is 6.92 Å². The fourth-order valence-electron chi connectivity index (χ4n) is 1.49. The molecule has 0 bridgehead atoms. The molecule has 0 saturated carbocycles. The maximum atomic E-state index is 12.1. The van der Waals surface area contributed by atoms with Crippen molar-refractivity contribution in [3.8, 4) is 0 Å². The first-order valence-electron chi connectivity index (χ1n) is 4.49. The van der Waals surface area contributed by atoms with E-state index in [4.69, 9.17) is 0 Å². The van der Waals surface area contributed by atoms with Gasteiger partial charge in [0.1, 0.15) is 12.6 Å². The highest BCUT2D eigenvalue weighted by Gasteiger charge is 2.40. The summed E-state index contributed by atoms with van der Waals surface area (Å²) in [5, 5.41) is 2.25. The monoisotopic (exact) mass is 224 g/mol. The van der Waals surface area contributed by atoms with Crippen LogP contribution in [0, 0.1) is 0 Å². The fraction of sp³-hybridized carbons (Fsp3) is 0.750. The molecule has 1 N–H and O–H groups in total.